The first kappa shape index (κ1) is 14.8. The number of benzene rings is 1. The predicted octanol–water partition coefficient (Wildman–Crippen LogP) is 1.40. The molecule has 0 bridgehead atoms. The zero-order chi connectivity index (χ0) is 15.2. The van der Waals surface area contributed by atoms with Gasteiger partial charge < -0.3 is 4.74 Å². The third kappa shape index (κ3) is 3.69. The second-order valence-electron chi connectivity index (χ2n) is 4.00. The average molecular weight is 304 g/mol. The van der Waals surface area contributed by atoms with Crippen LogP contribution < -0.4 is 5.43 Å². The number of nitrogens with zero attached hydrogens (tertiary/aromatic N) is 3. The summed E-state index contributed by atoms with van der Waals surface area (Å²) in [4.78, 5) is 23.4. The van der Waals surface area contributed by atoms with Gasteiger partial charge in [-0.3, -0.25) is 4.79 Å². The van der Waals surface area contributed by atoms with E-state index in [1.807, 2.05) is 0 Å². The van der Waals surface area contributed by atoms with Crippen molar-refractivity contribution in [1.82, 2.24) is 15.0 Å². The summed E-state index contributed by atoms with van der Waals surface area (Å²) in [6.45, 7) is 1.70. The van der Waals surface area contributed by atoms with Crippen LogP contribution in [0.4, 0.5) is 0 Å². The summed E-state index contributed by atoms with van der Waals surface area (Å²) < 4.78 is 8.28. The Labute approximate surface area is 124 Å². The summed E-state index contributed by atoms with van der Waals surface area (Å²) in [6, 6.07) is 6.63. The largest absolute Gasteiger partial charge is 0.465 e. The molecule has 1 aromatic heterocycles. The van der Waals surface area contributed by atoms with Crippen LogP contribution in [-0.4, -0.2) is 34.8 Å². The molecule has 0 saturated carbocycles. The normalized spacial score (nSPS) is 10.6. The van der Waals surface area contributed by atoms with Crippen molar-refractivity contribution in [2.45, 2.75) is 6.92 Å². The van der Waals surface area contributed by atoms with Crippen LogP contribution in [0.5, 0.6) is 0 Å². The number of hydrogen-bond donors (Lipinski definition) is 1. The first-order valence-corrected chi connectivity index (χ1v) is 6.70. The van der Waals surface area contributed by atoms with Crippen molar-refractivity contribution in [3.8, 4) is 0 Å². The Balaban J connectivity index is 1.97. The summed E-state index contributed by atoms with van der Waals surface area (Å²) in [5, 5.41) is 7.59. The zero-order valence-electron chi connectivity index (χ0n) is 11.4. The molecule has 7 nitrogen and oxygen atoms in total. The monoisotopic (exact) mass is 304 g/mol. The van der Waals surface area contributed by atoms with Gasteiger partial charge in [0.1, 0.15) is 4.88 Å². The van der Waals surface area contributed by atoms with Gasteiger partial charge >= 0.3 is 5.97 Å². The Hall–Kier alpha value is -2.61. The first-order chi connectivity index (χ1) is 10.1. The number of aromatic nitrogens is 2. The highest BCUT2D eigenvalue weighted by Crippen LogP contribution is 2.08. The van der Waals surface area contributed by atoms with Gasteiger partial charge in [0.25, 0.3) is 5.91 Å². The van der Waals surface area contributed by atoms with Crippen LogP contribution in [-0.2, 0) is 4.74 Å². The number of nitrogens with one attached hydrogen (secondary N) is 1. The molecule has 1 heterocycles. The highest BCUT2D eigenvalue weighted by molar-refractivity contribution is 7.07. The molecule has 108 valence electrons. The van der Waals surface area contributed by atoms with Gasteiger partial charge in [0.05, 0.1) is 24.6 Å². The molecule has 1 aromatic carbocycles. The van der Waals surface area contributed by atoms with Crippen molar-refractivity contribution < 1.29 is 14.3 Å². The summed E-state index contributed by atoms with van der Waals surface area (Å²) >= 11 is 1.01. The van der Waals surface area contributed by atoms with E-state index in [9.17, 15) is 9.59 Å². The second-order valence-corrected chi connectivity index (χ2v) is 4.75. The maximum atomic E-state index is 11.7. The summed E-state index contributed by atoms with van der Waals surface area (Å²) in [6.07, 6.45) is 1.47. The lowest BCUT2D eigenvalue weighted by Crippen LogP contribution is -2.17. The lowest BCUT2D eigenvalue weighted by molar-refractivity contribution is 0.0600. The van der Waals surface area contributed by atoms with E-state index in [0.29, 0.717) is 16.1 Å². The summed E-state index contributed by atoms with van der Waals surface area (Å²) in [5.41, 5.74) is 4.14. The van der Waals surface area contributed by atoms with E-state index in [4.69, 9.17) is 0 Å². The number of carbonyl (C=O) groups is 2. The van der Waals surface area contributed by atoms with Gasteiger partial charge in [0, 0.05) is 0 Å². The standard InChI is InChI=1S/C13H12N4O3S/c1-8-11(21-17-15-8)12(18)16-14-7-9-3-5-10(6-4-9)13(19)20-2/h3-7H,1-2H3,(H,16,18). The van der Waals surface area contributed by atoms with Gasteiger partial charge in [-0.2, -0.15) is 5.10 Å². The number of esters is 1. The van der Waals surface area contributed by atoms with Gasteiger partial charge in [-0.15, -0.1) is 5.10 Å². The Morgan fingerprint density at radius 2 is 2.05 bits per heavy atom. The predicted molar refractivity (Wildman–Crippen MR) is 77.5 cm³/mol. The second kappa shape index (κ2) is 6.71. The van der Waals surface area contributed by atoms with Crippen LogP contribution >= 0.6 is 11.5 Å². The molecule has 0 aliphatic carbocycles. The smallest absolute Gasteiger partial charge is 0.337 e. The molecule has 0 aliphatic rings. The van der Waals surface area contributed by atoms with Crippen LogP contribution in [0.15, 0.2) is 29.4 Å². The van der Waals surface area contributed by atoms with E-state index in [2.05, 4.69) is 24.9 Å². The van der Waals surface area contributed by atoms with Crippen molar-refractivity contribution in [2.24, 2.45) is 5.10 Å². The van der Waals surface area contributed by atoms with Crippen molar-refractivity contribution in [2.75, 3.05) is 7.11 Å². The number of ether oxygens (including phenoxy) is 1. The molecule has 0 fully saturated rings. The number of aryl methyl sites for hydroxylation is 1. The van der Waals surface area contributed by atoms with E-state index in [0.717, 1.165) is 17.1 Å². The van der Waals surface area contributed by atoms with Gasteiger partial charge in [0.15, 0.2) is 0 Å². The molecule has 0 saturated heterocycles. The van der Waals surface area contributed by atoms with Crippen LogP contribution in [0.3, 0.4) is 0 Å². The molecule has 1 N–H and O–H groups in total. The SMILES string of the molecule is COC(=O)c1ccc(C=NNC(=O)c2snnc2C)cc1. The van der Waals surface area contributed by atoms with Gasteiger partial charge in [-0.25, -0.2) is 10.2 Å². The highest BCUT2D eigenvalue weighted by Gasteiger charge is 2.11. The fourth-order valence-corrected chi connectivity index (χ4v) is 2.03. The Morgan fingerprint density at radius 3 is 2.62 bits per heavy atom. The Bertz CT molecular complexity index is 679. The molecule has 0 aliphatic heterocycles. The third-order valence-electron chi connectivity index (χ3n) is 2.57. The molecule has 2 rings (SSSR count). The van der Waals surface area contributed by atoms with E-state index >= 15 is 0 Å². The maximum absolute atomic E-state index is 11.7. The van der Waals surface area contributed by atoms with Gasteiger partial charge in [-0.1, -0.05) is 16.6 Å². The third-order valence-corrected chi connectivity index (χ3v) is 3.40. The van der Waals surface area contributed by atoms with E-state index in [1.54, 1.807) is 31.2 Å². The number of hydrogen-bond acceptors (Lipinski definition) is 7. The maximum Gasteiger partial charge on any atom is 0.337 e. The van der Waals surface area contributed by atoms with Crippen LogP contribution in [0.25, 0.3) is 0 Å². The molecule has 2 aromatic rings. The van der Waals surface area contributed by atoms with Crippen molar-refractivity contribution in [3.05, 3.63) is 46.0 Å². The summed E-state index contributed by atoms with van der Waals surface area (Å²) in [5.74, 6) is -0.759. The number of hydrazone groups is 1. The highest BCUT2D eigenvalue weighted by atomic mass is 32.1. The van der Waals surface area contributed by atoms with Crippen LogP contribution in [0, 0.1) is 6.92 Å². The molecule has 21 heavy (non-hydrogen) atoms. The first-order valence-electron chi connectivity index (χ1n) is 5.92. The fraction of sp³-hybridized carbons (Fsp3) is 0.154. The molecule has 8 heteroatoms. The molecule has 0 unspecified atom stereocenters. The molecule has 0 radical (unpaired) electrons. The fourth-order valence-electron chi connectivity index (χ4n) is 1.48. The molecule has 1 amide bonds. The average Bonchev–Trinajstić information content (AvgIpc) is 2.93. The van der Waals surface area contributed by atoms with Crippen molar-refractivity contribution in [3.63, 3.8) is 0 Å². The molecular formula is C13H12N4O3S. The Kier molecular flexibility index (Phi) is 4.72. The van der Waals surface area contributed by atoms with Crippen molar-refractivity contribution >= 4 is 29.6 Å². The lowest BCUT2D eigenvalue weighted by Gasteiger charge is -1.99. The zero-order valence-corrected chi connectivity index (χ0v) is 12.2. The number of methoxy groups -OCH3 is 1. The minimum Gasteiger partial charge on any atom is -0.465 e. The minimum absolute atomic E-state index is 0.357. The number of rotatable bonds is 4. The van der Waals surface area contributed by atoms with Gasteiger partial charge in [0.2, 0.25) is 0 Å². The summed E-state index contributed by atoms with van der Waals surface area (Å²) in [7, 11) is 1.32. The lowest BCUT2D eigenvalue weighted by atomic mass is 10.1. The molecular weight excluding hydrogens is 292 g/mol. The molecule has 0 spiro atoms. The minimum atomic E-state index is -0.403. The quantitative estimate of drug-likeness (QED) is 0.523. The number of carbonyl (C=O) groups excluding carboxylic acids is 2. The van der Waals surface area contributed by atoms with Gasteiger partial charge in [-0.05, 0) is 36.2 Å². The van der Waals surface area contributed by atoms with E-state index in [1.165, 1.54) is 13.3 Å². The Morgan fingerprint density at radius 1 is 1.33 bits per heavy atom. The van der Waals surface area contributed by atoms with Crippen LogP contribution in [0.2, 0.25) is 0 Å². The van der Waals surface area contributed by atoms with E-state index < -0.39 is 5.97 Å². The van der Waals surface area contributed by atoms with E-state index in [-0.39, 0.29) is 5.91 Å². The van der Waals surface area contributed by atoms with Crippen LogP contribution in [0.1, 0.15) is 31.3 Å². The molecule has 0 atom stereocenters. The number of amides is 1. The van der Waals surface area contributed by atoms with Crippen molar-refractivity contribution in [1.29, 1.82) is 0 Å². The topological polar surface area (TPSA) is 93.5 Å².